The van der Waals surface area contributed by atoms with E-state index >= 15 is 0 Å². The van der Waals surface area contributed by atoms with Crippen LogP contribution in [0.25, 0.3) is 0 Å². The molecule has 2 N–H and O–H groups in total. The van der Waals surface area contributed by atoms with Gasteiger partial charge in [0.1, 0.15) is 17.4 Å². The van der Waals surface area contributed by atoms with E-state index in [9.17, 15) is 10.1 Å². The van der Waals surface area contributed by atoms with Gasteiger partial charge in [-0.05, 0) is 38.0 Å². The molecule has 0 saturated carbocycles. The Hall–Kier alpha value is -2.94. The number of hydrogen-bond donors (Lipinski definition) is 1. The molecule has 1 aromatic carbocycles. The van der Waals surface area contributed by atoms with Crippen LogP contribution in [0.4, 0.5) is 0 Å². The third kappa shape index (κ3) is 3.13. The van der Waals surface area contributed by atoms with E-state index in [-0.39, 0.29) is 17.2 Å². The number of nitrogens with two attached hydrogens (primary N) is 1. The highest BCUT2D eigenvalue weighted by atomic mass is 16.5. The number of nitrogens with zero attached hydrogens (tertiary/aromatic N) is 1. The van der Waals surface area contributed by atoms with Crippen LogP contribution in [-0.4, -0.2) is 19.0 Å². The first-order chi connectivity index (χ1) is 12.6. The zero-order chi connectivity index (χ0) is 18.7. The van der Waals surface area contributed by atoms with Crippen LogP contribution >= 0.6 is 0 Å². The molecule has 0 aromatic heterocycles. The number of allylic oxidation sites excluding steroid dienone is 3. The number of benzene rings is 1. The molecule has 1 atom stereocenters. The van der Waals surface area contributed by atoms with Gasteiger partial charge >= 0.3 is 0 Å². The second kappa shape index (κ2) is 7.52. The van der Waals surface area contributed by atoms with Gasteiger partial charge in [-0.2, -0.15) is 5.26 Å². The molecule has 1 aromatic rings. The van der Waals surface area contributed by atoms with Crippen LogP contribution in [0, 0.1) is 11.3 Å². The van der Waals surface area contributed by atoms with E-state index < -0.39 is 5.92 Å². The van der Waals surface area contributed by atoms with Gasteiger partial charge in [0, 0.05) is 18.4 Å². The highest BCUT2D eigenvalue weighted by Crippen LogP contribution is 2.45. The number of carbonyl (C=O) groups excluding carboxylic acids is 1. The molecule has 1 unspecified atom stereocenters. The van der Waals surface area contributed by atoms with Crippen LogP contribution in [0.3, 0.4) is 0 Å². The molecular weight excluding hydrogens is 332 g/mol. The van der Waals surface area contributed by atoms with Crippen LogP contribution in [-0.2, 0) is 9.53 Å². The van der Waals surface area contributed by atoms with Crippen molar-refractivity contribution >= 4 is 5.78 Å². The number of ketones is 1. The van der Waals surface area contributed by atoms with Gasteiger partial charge in [-0.3, -0.25) is 4.79 Å². The Bertz CT molecular complexity index is 833. The molecule has 0 saturated heterocycles. The summed E-state index contributed by atoms with van der Waals surface area (Å²) < 4.78 is 16.9. The summed E-state index contributed by atoms with van der Waals surface area (Å²) >= 11 is 0. The standard InChI is InChI=1S/C20H22N2O4/c1-3-24-15-9-8-12(10-17(15)25-4-2)18-13(11-21)20(22)26-16-7-5-6-14(23)19(16)18/h8-10,18H,3-7,22H2,1-2H3. The zero-order valence-electron chi connectivity index (χ0n) is 15.0. The molecule has 1 aliphatic heterocycles. The fourth-order valence-corrected chi connectivity index (χ4v) is 3.44. The fourth-order valence-electron chi connectivity index (χ4n) is 3.44. The summed E-state index contributed by atoms with van der Waals surface area (Å²) in [6.45, 7) is 4.78. The van der Waals surface area contributed by atoms with Gasteiger partial charge in [0.2, 0.25) is 5.88 Å². The van der Waals surface area contributed by atoms with Crippen LogP contribution in [0.15, 0.2) is 41.0 Å². The van der Waals surface area contributed by atoms with Crippen molar-refractivity contribution in [2.75, 3.05) is 13.2 Å². The third-order valence-electron chi connectivity index (χ3n) is 4.51. The maximum atomic E-state index is 12.6. The summed E-state index contributed by atoms with van der Waals surface area (Å²) in [6, 6.07) is 7.59. The predicted octanol–water partition coefficient (Wildman–Crippen LogP) is 3.30. The number of carbonyl (C=O) groups is 1. The van der Waals surface area contributed by atoms with Crippen molar-refractivity contribution in [2.24, 2.45) is 5.73 Å². The average Bonchev–Trinajstić information content (AvgIpc) is 2.62. The lowest BCUT2D eigenvalue weighted by atomic mass is 9.77. The summed E-state index contributed by atoms with van der Waals surface area (Å²) in [6.07, 6.45) is 1.83. The van der Waals surface area contributed by atoms with Crippen molar-refractivity contribution in [1.29, 1.82) is 5.26 Å². The first kappa shape index (κ1) is 17.9. The quantitative estimate of drug-likeness (QED) is 0.872. The second-order valence-corrected chi connectivity index (χ2v) is 6.11. The first-order valence-corrected chi connectivity index (χ1v) is 8.84. The normalized spacial score (nSPS) is 19.6. The second-order valence-electron chi connectivity index (χ2n) is 6.11. The Balaban J connectivity index is 2.13. The molecule has 3 rings (SSSR count). The van der Waals surface area contributed by atoms with Gasteiger partial charge in [0.15, 0.2) is 17.3 Å². The maximum absolute atomic E-state index is 12.6. The summed E-state index contributed by atoms with van der Waals surface area (Å²) in [5.41, 5.74) is 7.53. The topological polar surface area (TPSA) is 94.6 Å². The zero-order valence-corrected chi connectivity index (χ0v) is 15.0. The summed E-state index contributed by atoms with van der Waals surface area (Å²) in [4.78, 5) is 12.6. The Labute approximate surface area is 152 Å². The lowest BCUT2D eigenvalue weighted by molar-refractivity contribution is -0.116. The van der Waals surface area contributed by atoms with Crippen molar-refractivity contribution in [1.82, 2.24) is 0 Å². The van der Waals surface area contributed by atoms with E-state index in [1.165, 1.54) is 0 Å². The first-order valence-electron chi connectivity index (χ1n) is 8.84. The largest absolute Gasteiger partial charge is 0.490 e. The molecule has 1 aliphatic carbocycles. The van der Waals surface area contributed by atoms with E-state index in [2.05, 4.69) is 6.07 Å². The molecule has 0 radical (unpaired) electrons. The fraction of sp³-hybridized carbons (Fsp3) is 0.400. The van der Waals surface area contributed by atoms with Crippen molar-refractivity contribution in [2.45, 2.75) is 39.0 Å². The highest BCUT2D eigenvalue weighted by Gasteiger charge is 2.38. The molecule has 0 spiro atoms. The van der Waals surface area contributed by atoms with Crippen LogP contribution in [0.5, 0.6) is 11.5 Å². The van der Waals surface area contributed by atoms with E-state index in [1.54, 1.807) is 6.07 Å². The molecule has 6 nitrogen and oxygen atoms in total. The molecular formula is C20H22N2O4. The Morgan fingerprint density at radius 2 is 1.96 bits per heavy atom. The van der Waals surface area contributed by atoms with E-state index in [0.29, 0.717) is 48.9 Å². The van der Waals surface area contributed by atoms with Gasteiger partial charge in [-0.25, -0.2) is 0 Å². The van der Waals surface area contributed by atoms with Gasteiger partial charge in [-0.15, -0.1) is 0 Å². The van der Waals surface area contributed by atoms with Crippen LogP contribution < -0.4 is 15.2 Å². The molecule has 1 heterocycles. The lowest BCUT2D eigenvalue weighted by Gasteiger charge is -2.31. The monoisotopic (exact) mass is 354 g/mol. The van der Waals surface area contributed by atoms with Gasteiger partial charge in [0.25, 0.3) is 0 Å². The number of rotatable bonds is 5. The van der Waals surface area contributed by atoms with Gasteiger partial charge in [0.05, 0.1) is 19.1 Å². The van der Waals surface area contributed by atoms with Crippen molar-refractivity contribution < 1.29 is 19.0 Å². The van der Waals surface area contributed by atoms with Gasteiger partial charge < -0.3 is 19.9 Å². The Kier molecular flexibility index (Phi) is 5.17. The highest BCUT2D eigenvalue weighted by molar-refractivity contribution is 5.99. The number of Topliss-reactive ketones (excluding diaryl/α,β-unsaturated/α-hetero) is 1. The number of ether oxygens (including phenoxy) is 3. The minimum absolute atomic E-state index is 0.00310. The van der Waals surface area contributed by atoms with Crippen LogP contribution in [0.1, 0.15) is 44.6 Å². The van der Waals surface area contributed by atoms with Crippen LogP contribution in [0.2, 0.25) is 0 Å². The van der Waals surface area contributed by atoms with Gasteiger partial charge in [-0.1, -0.05) is 6.07 Å². The summed E-state index contributed by atoms with van der Waals surface area (Å²) in [7, 11) is 0. The molecule has 0 bridgehead atoms. The minimum atomic E-state index is -0.536. The Morgan fingerprint density at radius 1 is 1.23 bits per heavy atom. The minimum Gasteiger partial charge on any atom is -0.490 e. The van der Waals surface area contributed by atoms with Crippen molar-refractivity contribution in [3.8, 4) is 17.6 Å². The molecule has 136 valence electrons. The maximum Gasteiger partial charge on any atom is 0.205 e. The molecule has 26 heavy (non-hydrogen) atoms. The lowest BCUT2D eigenvalue weighted by Crippen LogP contribution is -2.27. The predicted molar refractivity (Wildman–Crippen MR) is 95.3 cm³/mol. The number of nitriles is 1. The number of hydrogen-bond acceptors (Lipinski definition) is 6. The smallest absolute Gasteiger partial charge is 0.205 e. The van der Waals surface area contributed by atoms with E-state index in [4.69, 9.17) is 19.9 Å². The summed E-state index contributed by atoms with van der Waals surface area (Å²) in [5, 5.41) is 9.62. The molecule has 0 fully saturated rings. The average molecular weight is 354 g/mol. The third-order valence-corrected chi connectivity index (χ3v) is 4.51. The van der Waals surface area contributed by atoms with Crippen molar-refractivity contribution in [3.63, 3.8) is 0 Å². The van der Waals surface area contributed by atoms with Crippen molar-refractivity contribution in [3.05, 3.63) is 46.6 Å². The van der Waals surface area contributed by atoms with E-state index in [0.717, 1.165) is 12.0 Å². The Morgan fingerprint density at radius 3 is 2.65 bits per heavy atom. The SMILES string of the molecule is CCOc1ccc(C2C(C#N)=C(N)OC3=C2C(=O)CCC3)cc1OCC. The van der Waals surface area contributed by atoms with E-state index in [1.807, 2.05) is 26.0 Å². The summed E-state index contributed by atoms with van der Waals surface area (Å²) in [5.74, 6) is 1.33. The molecule has 6 heteroatoms. The molecule has 0 amide bonds. The molecule has 2 aliphatic rings.